The molecule has 174 valence electrons. The van der Waals surface area contributed by atoms with Crippen LogP contribution in [0.5, 0.6) is 0 Å². The SMILES string of the molecule is Cc1cc(NC(=O)NCCCCCC2CCN(C(=O)C3=Cc4ccccc4C3)C2)cc(C)n1. The fourth-order valence-corrected chi connectivity index (χ4v) is 4.89. The zero-order chi connectivity index (χ0) is 23.2. The molecule has 0 spiro atoms. The van der Waals surface area contributed by atoms with Crippen LogP contribution >= 0.6 is 0 Å². The van der Waals surface area contributed by atoms with Gasteiger partial charge in [-0.25, -0.2) is 4.79 Å². The Morgan fingerprint density at radius 3 is 2.67 bits per heavy atom. The molecule has 0 radical (unpaired) electrons. The molecule has 1 unspecified atom stereocenters. The van der Waals surface area contributed by atoms with Crippen molar-refractivity contribution in [2.75, 3.05) is 25.0 Å². The standard InChI is InChI=1S/C27H34N4O2/c1-19-14-25(15-20(2)29-19)30-27(33)28-12-7-3-4-8-21-11-13-31(18-21)26(32)24-16-22-9-5-6-10-23(22)17-24/h5-6,9-10,14-16,21H,3-4,7-8,11-13,17-18H2,1-2H3,(H2,28,29,30,33). The van der Waals surface area contributed by atoms with E-state index in [0.717, 1.165) is 74.3 Å². The van der Waals surface area contributed by atoms with Crippen LogP contribution in [0.2, 0.25) is 0 Å². The minimum atomic E-state index is -0.173. The number of hydrogen-bond donors (Lipinski definition) is 2. The molecule has 2 heterocycles. The van der Waals surface area contributed by atoms with Crippen molar-refractivity contribution in [1.82, 2.24) is 15.2 Å². The van der Waals surface area contributed by atoms with Gasteiger partial charge in [-0.05, 0) is 68.4 Å². The number of fused-ring (bicyclic) bond motifs is 1. The molecule has 33 heavy (non-hydrogen) atoms. The van der Waals surface area contributed by atoms with Crippen molar-refractivity contribution in [3.8, 4) is 0 Å². The monoisotopic (exact) mass is 446 g/mol. The molecule has 1 saturated heterocycles. The lowest BCUT2D eigenvalue weighted by Crippen LogP contribution is -2.30. The van der Waals surface area contributed by atoms with Gasteiger partial charge in [0.2, 0.25) is 5.91 Å². The molecule has 2 aromatic rings. The van der Waals surface area contributed by atoms with E-state index in [0.29, 0.717) is 12.5 Å². The van der Waals surface area contributed by atoms with E-state index in [1.54, 1.807) is 0 Å². The molecule has 3 amide bonds. The predicted molar refractivity (Wildman–Crippen MR) is 132 cm³/mol. The number of likely N-dealkylation sites (tertiary alicyclic amines) is 1. The van der Waals surface area contributed by atoms with Crippen LogP contribution in [0, 0.1) is 19.8 Å². The highest BCUT2D eigenvalue weighted by atomic mass is 16.2. The molecule has 1 aliphatic heterocycles. The van der Waals surface area contributed by atoms with Crippen LogP contribution in [0.3, 0.4) is 0 Å². The molecule has 4 rings (SSSR count). The topological polar surface area (TPSA) is 74.3 Å². The van der Waals surface area contributed by atoms with E-state index < -0.39 is 0 Å². The summed E-state index contributed by atoms with van der Waals surface area (Å²) in [7, 11) is 0. The number of benzene rings is 1. The van der Waals surface area contributed by atoms with Crippen molar-refractivity contribution in [3.63, 3.8) is 0 Å². The van der Waals surface area contributed by atoms with E-state index in [1.807, 2.05) is 43.0 Å². The third-order valence-corrected chi connectivity index (χ3v) is 6.53. The lowest BCUT2D eigenvalue weighted by Gasteiger charge is -2.17. The quantitative estimate of drug-likeness (QED) is 0.568. The maximum absolute atomic E-state index is 12.9. The Hall–Kier alpha value is -3.15. The fraction of sp³-hybridized carbons (Fsp3) is 0.444. The fourth-order valence-electron chi connectivity index (χ4n) is 4.89. The minimum Gasteiger partial charge on any atom is -0.339 e. The maximum Gasteiger partial charge on any atom is 0.319 e. The first-order valence-electron chi connectivity index (χ1n) is 12.1. The summed E-state index contributed by atoms with van der Waals surface area (Å²) < 4.78 is 0. The lowest BCUT2D eigenvalue weighted by atomic mass is 10.0. The third-order valence-electron chi connectivity index (χ3n) is 6.53. The molecular formula is C27H34N4O2. The lowest BCUT2D eigenvalue weighted by molar-refractivity contribution is -0.126. The van der Waals surface area contributed by atoms with E-state index in [4.69, 9.17) is 0 Å². The first-order chi connectivity index (χ1) is 16.0. The first kappa shape index (κ1) is 23.0. The molecule has 0 saturated carbocycles. The molecule has 1 aromatic carbocycles. The summed E-state index contributed by atoms with van der Waals surface area (Å²) in [4.78, 5) is 31.3. The minimum absolute atomic E-state index is 0.173. The Kier molecular flexibility index (Phi) is 7.43. The summed E-state index contributed by atoms with van der Waals surface area (Å²) in [5.74, 6) is 0.802. The van der Waals surface area contributed by atoms with Crippen molar-refractivity contribution in [2.45, 2.75) is 52.4 Å². The van der Waals surface area contributed by atoms with Crippen molar-refractivity contribution < 1.29 is 9.59 Å². The van der Waals surface area contributed by atoms with Gasteiger partial charge in [0.15, 0.2) is 0 Å². The maximum atomic E-state index is 12.9. The van der Waals surface area contributed by atoms with Crippen molar-refractivity contribution >= 4 is 23.7 Å². The number of hydrogen-bond acceptors (Lipinski definition) is 3. The van der Waals surface area contributed by atoms with Gasteiger partial charge in [0, 0.05) is 48.7 Å². The average molecular weight is 447 g/mol. The number of unbranched alkanes of at least 4 members (excludes halogenated alkanes) is 2. The van der Waals surface area contributed by atoms with Crippen molar-refractivity contribution in [3.05, 3.63) is 64.5 Å². The Labute approximate surface area is 196 Å². The molecule has 1 atom stereocenters. The van der Waals surface area contributed by atoms with Gasteiger partial charge in [-0.3, -0.25) is 9.78 Å². The number of amides is 3. The van der Waals surface area contributed by atoms with Crippen molar-refractivity contribution in [1.29, 1.82) is 0 Å². The molecule has 0 bridgehead atoms. The van der Waals surface area contributed by atoms with Gasteiger partial charge < -0.3 is 15.5 Å². The number of aromatic nitrogens is 1. The van der Waals surface area contributed by atoms with Crippen LogP contribution < -0.4 is 10.6 Å². The number of pyridine rings is 1. The summed E-state index contributed by atoms with van der Waals surface area (Å²) in [6, 6.07) is 11.8. The number of anilines is 1. The molecule has 1 fully saturated rings. The normalized spacial score (nSPS) is 17.0. The molecular weight excluding hydrogens is 412 g/mol. The molecule has 6 nitrogen and oxygen atoms in total. The Balaban J connectivity index is 1.09. The largest absolute Gasteiger partial charge is 0.339 e. The van der Waals surface area contributed by atoms with Crippen LogP contribution in [-0.4, -0.2) is 41.5 Å². The van der Waals surface area contributed by atoms with E-state index in [1.165, 1.54) is 11.1 Å². The van der Waals surface area contributed by atoms with Gasteiger partial charge in [-0.15, -0.1) is 0 Å². The summed E-state index contributed by atoms with van der Waals surface area (Å²) in [6.45, 7) is 6.24. The van der Waals surface area contributed by atoms with Gasteiger partial charge in [-0.2, -0.15) is 0 Å². The first-order valence-corrected chi connectivity index (χ1v) is 12.1. The number of carbonyl (C=O) groups is 2. The second-order valence-electron chi connectivity index (χ2n) is 9.32. The van der Waals surface area contributed by atoms with E-state index in [9.17, 15) is 9.59 Å². The van der Waals surface area contributed by atoms with Gasteiger partial charge in [0.25, 0.3) is 0 Å². The zero-order valence-electron chi connectivity index (χ0n) is 19.7. The average Bonchev–Trinajstić information content (AvgIpc) is 3.42. The van der Waals surface area contributed by atoms with Gasteiger partial charge in [0.05, 0.1) is 0 Å². The molecule has 6 heteroatoms. The van der Waals surface area contributed by atoms with Gasteiger partial charge in [0.1, 0.15) is 0 Å². The summed E-state index contributed by atoms with van der Waals surface area (Å²) >= 11 is 0. The highest BCUT2D eigenvalue weighted by Crippen LogP contribution is 2.29. The van der Waals surface area contributed by atoms with E-state index >= 15 is 0 Å². The van der Waals surface area contributed by atoms with Crippen molar-refractivity contribution in [2.24, 2.45) is 5.92 Å². The number of carbonyl (C=O) groups excluding carboxylic acids is 2. The Morgan fingerprint density at radius 2 is 1.88 bits per heavy atom. The van der Waals surface area contributed by atoms with Crippen LogP contribution in [0.1, 0.15) is 54.6 Å². The highest BCUT2D eigenvalue weighted by molar-refractivity contribution is 6.00. The highest BCUT2D eigenvalue weighted by Gasteiger charge is 2.29. The Bertz CT molecular complexity index is 1030. The van der Waals surface area contributed by atoms with Gasteiger partial charge in [-0.1, -0.05) is 37.1 Å². The number of urea groups is 1. The van der Waals surface area contributed by atoms with Crippen LogP contribution in [0.15, 0.2) is 42.0 Å². The van der Waals surface area contributed by atoms with Crippen LogP contribution in [0.25, 0.3) is 6.08 Å². The second kappa shape index (κ2) is 10.6. The number of nitrogens with one attached hydrogen (secondary N) is 2. The zero-order valence-corrected chi connectivity index (χ0v) is 19.7. The predicted octanol–water partition coefficient (Wildman–Crippen LogP) is 4.87. The van der Waals surface area contributed by atoms with Gasteiger partial charge >= 0.3 is 6.03 Å². The molecule has 2 aliphatic rings. The number of aryl methyl sites for hydroxylation is 2. The summed E-state index contributed by atoms with van der Waals surface area (Å²) in [5, 5.41) is 5.80. The van der Waals surface area contributed by atoms with Crippen LogP contribution in [-0.2, 0) is 11.2 Å². The molecule has 1 aliphatic carbocycles. The summed E-state index contributed by atoms with van der Waals surface area (Å²) in [6.07, 6.45) is 8.23. The van der Waals surface area contributed by atoms with E-state index in [-0.39, 0.29) is 11.9 Å². The Morgan fingerprint density at radius 1 is 1.09 bits per heavy atom. The second-order valence-corrected chi connectivity index (χ2v) is 9.32. The van der Waals surface area contributed by atoms with E-state index in [2.05, 4.69) is 33.8 Å². The summed E-state index contributed by atoms with van der Waals surface area (Å²) in [5.41, 5.74) is 5.92. The number of rotatable bonds is 8. The molecule has 1 aromatic heterocycles. The smallest absolute Gasteiger partial charge is 0.319 e. The third kappa shape index (κ3) is 6.21. The molecule has 2 N–H and O–H groups in total. The number of nitrogens with zero attached hydrogens (tertiary/aromatic N) is 2. The van der Waals surface area contributed by atoms with Crippen LogP contribution in [0.4, 0.5) is 10.5 Å².